The number of thiazole rings is 1. The Morgan fingerprint density at radius 2 is 2.39 bits per heavy atom. The van der Waals surface area contributed by atoms with E-state index in [-0.39, 0.29) is 0 Å². The molecule has 0 saturated carbocycles. The minimum atomic E-state index is 0.443. The molecule has 3 rings (SSSR count). The van der Waals surface area contributed by atoms with Crippen LogP contribution in [0.15, 0.2) is 15.4 Å². The van der Waals surface area contributed by atoms with Crippen molar-refractivity contribution >= 4 is 11.3 Å². The first-order valence-electron chi connectivity index (χ1n) is 6.29. The van der Waals surface area contributed by atoms with E-state index in [2.05, 4.69) is 20.4 Å². The zero-order valence-electron chi connectivity index (χ0n) is 10.7. The first kappa shape index (κ1) is 11.9. The van der Waals surface area contributed by atoms with Crippen molar-refractivity contribution in [1.82, 2.24) is 15.0 Å². The van der Waals surface area contributed by atoms with Crippen LogP contribution in [0.1, 0.15) is 41.6 Å². The molecule has 18 heavy (non-hydrogen) atoms. The molecule has 1 aliphatic rings. The molecule has 5 heteroatoms. The number of likely N-dealkylation sites (tertiary alicyclic amines) is 1. The van der Waals surface area contributed by atoms with E-state index in [1.54, 1.807) is 11.3 Å². The third-order valence-corrected chi connectivity index (χ3v) is 4.27. The zero-order valence-corrected chi connectivity index (χ0v) is 11.5. The van der Waals surface area contributed by atoms with Gasteiger partial charge in [0, 0.05) is 23.5 Å². The molecule has 0 spiro atoms. The van der Waals surface area contributed by atoms with Crippen LogP contribution in [0.25, 0.3) is 0 Å². The Kier molecular flexibility index (Phi) is 3.18. The maximum Gasteiger partial charge on any atom is 0.138 e. The summed E-state index contributed by atoms with van der Waals surface area (Å²) in [5.41, 5.74) is 5.38. The molecule has 0 aromatic carbocycles. The van der Waals surface area contributed by atoms with Crippen LogP contribution in [0.2, 0.25) is 0 Å². The number of rotatable bonds is 3. The quantitative estimate of drug-likeness (QED) is 0.853. The lowest BCUT2D eigenvalue weighted by atomic mass is 10.0. The van der Waals surface area contributed by atoms with E-state index in [0.717, 1.165) is 24.5 Å². The average Bonchev–Trinajstić information content (AvgIpc) is 3.04. The molecule has 1 unspecified atom stereocenters. The van der Waals surface area contributed by atoms with Gasteiger partial charge in [-0.3, -0.25) is 4.90 Å². The second-order valence-electron chi connectivity index (χ2n) is 4.85. The van der Waals surface area contributed by atoms with Crippen molar-refractivity contribution in [3.05, 3.63) is 33.6 Å². The van der Waals surface area contributed by atoms with E-state index in [1.165, 1.54) is 24.1 Å². The Morgan fingerprint density at radius 1 is 1.50 bits per heavy atom. The molecule has 0 amide bonds. The van der Waals surface area contributed by atoms with Gasteiger partial charge < -0.3 is 4.52 Å². The SMILES string of the molecule is Cc1noc(C)c1C1CCCN1Cc1cscn1. The lowest BCUT2D eigenvalue weighted by molar-refractivity contribution is 0.243. The molecule has 0 N–H and O–H groups in total. The number of nitrogens with zero attached hydrogens (tertiary/aromatic N) is 3. The number of aryl methyl sites for hydroxylation is 2. The molecule has 1 aliphatic heterocycles. The monoisotopic (exact) mass is 263 g/mol. The Bertz CT molecular complexity index is 501. The molecule has 0 aliphatic carbocycles. The van der Waals surface area contributed by atoms with Gasteiger partial charge in [0.15, 0.2) is 0 Å². The standard InChI is InChI=1S/C13H17N3OS/c1-9-13(10(2)17-15-9)12-4-3-5-16(12)6-11-7-18-8-14-11/h7-8,12H,3-6H2,1-2H3. The fraction of sp³-hybridized carbons (Fsp3) is 0.538. The fourth-order valence-electron chi connectivity index (χ4n) is 2.83. The number of aromatic nitrogens is 2. The van der Waals surface area contributed by atoms with Gasteiger partial charge in [-0.2, -0.15) is 0 Å². The summed E-state index contributed by atoms with van der Waals surface area (Å²) in [5.74, 6) is 0.961. The molecule has 1 atom stereocenters. The highest BCUT2D eigenvalue weighted by Gasteiger charge is 2.30. The summed E-state index contributed by atoms with van der Waals surface area (Å²) >= 11 is 1.66. The summed E-state index contributed by atoms with van der Waals surface area (Å²) < 4.78 is 5.30. The van der Waals surface area contributed by atoms with Crippen LogP contribution in [-0.4, -0.2) is 21.6 Å². The van der Waals surface area contributed by atoms with Gasteiger partial charge in [0.05, 0.1) is 16.9 Å². The van der Waals surface area contributed by atoms with Crippen molar-refractivity contribution < 1.29 is 4.52 Å². The fourth-order valence-corrected chi connectivity index (χ4v) is 3.38. The van der Waals surface area contributed by atoms with Gasteiger partial charge in [-0.15, -0.1) is 11.3 Å². The van der Waals surface area contributed by atoms with Gasteiger partial charge in [-0.05, 0) is 33.2 Å². The summed E-state index contributed by atoms with van der Waals surface area (Å²) in [6, 6.07) is 0.443. The third-order valence-electron chi connectivity index (χ3n) is 3.63. The third kappa shape index (κ3) is 2.08. The van der Waals surface area contributed by atoms with Crippen molar-refractivity contribution in [2.45, 2.75) is 39.3 Å². The first-order chi connectivity index (χ1) is 8.75. The molecule has 2 aromatic heterocycles. The molecule has 4 nitrogen and oxygen atoms in total. The van der Waals surface area contributed by atoms with E-state index in [0.29, 0.717) is 6.04 Å². The molecule has 1 saturated heterocycles. The highest BCUT2D eigenvalue weighted by molar-refractivity contribution is 7.07. The number of hydrogen-bond acceptors (Lipinski definition) is 5. The van der Waals surface area contributed by atoms with Crippen LogP contribution in [0.5, 0.6) is 0 Å². The van der Waals surface area contributed by atoms with Crippen molar-refractivity contribution in [1.29, 1.82) is 0 Å². The van der Waals surface area contributed by atoms with E-state index in [9.17, 15) is 0 Å². The Hall–Kier alpha value is -1.20. The predicted octanol–water partition coefficient (Wildman–Crippen LogP) is 3.09. The first-order valence-corrected chi connectivity index (χ1v) is 7.24. The van der Waals surface area contributed by atoms with Gasteiger partial charge in [-0.1, -0.05) is 5.16 Å². The average molecular weight is 263 g/mol. The highest BCUT2D eigenvalue weighted by Crippen LogP contribution is 2.36. The molecule has 0 radical (unpaired) electrons. The molecule has 3 heterocycles. The van der Waals surface area contributed by atoms with Gasteiger partial charge in [-0.25, -0.2) is 4.98 Å². The Morgan fingerprint density at radius 3 is 3.06 bits per heavy atom. The van der Waals surface area contributed by atoms with Crippen LogP contribution < -0.4 is 0 Å². The second-order valence-corrected chi connectivity index (χ2v) is 5.56. The van der Waals surface area contributed by atoms with Crippen LogP contribution in [-0.2, 0) is 6.54 Å². The maximum absolute atomic E-state index is 5.30. The van der Waals surface area contributed by atoms with E-state index >= 15 is 0 Å². The van der Waals surface area contributed by atoms with Crippen molar-refractivity contribution in [3.63, 3.8) is 0 Å². The topological polar surface area (TPSA) is 42.2 Å². The largest absolute Gasteiger partial charge is 0.361 e. The van der Waals surface area contributed by atoms with Crippen molar-refractivity contribution in [3.8, 4) is 0 Å². The van der Waals surface area contributed by atoms with Crippen LogP contribution >= 0.6 is 11.3 Å². The lowest BCUT2D eigenvalue weighted by Crippen LogP contribution is -2.23. The van der Waals surface area contributed by atoms with Crippen LogP contribution in [0.3, 0.4) is 0 Å². The summed E-state index contributed by atoms with van der Waals surface area (Å²) in [7, 11) is 0. The minimum absolute atomic E-state index is 0.443. The maximum atomic E-state index is 5.30. The van der Waals surface area contributed by atoms with E-state index < -0.39 is 0 Å². The molecule has 2 aromatic rings. The normalized spacial score (nSPS) is 20.7. The molecule has 96 valence electrons. The summed E-state index contributed by atoms with van der Waals surface area (Å²) in [5, 5.41) is 6.20. The number of hydrogen-bond donors (Lipinski definition) is 0. The minimum Gasteiger partial charge on any atom is -0.361 e. The smallest absolute Gasteiger partial charge is 0.138 e. The Balaban J connectivity index is 1.83. The summed E-state index contributed by atoms with van der Waals surface area (Å²) in [4.78, 5) is 6.87. The van der Waals surface area contributed by atoms with Gasteiger partial charge >= 0.3 is 0 Å². The van der Waals surface area contributed by atoms with Crippen molar-refractivity contribution in [2.24, 2.45) is 0 Å². The molecule has 1 fully saturated rings. The molecular formula is C13H17N3OS. The van der Waals surface area contributed by atoms with E-state index in [1.807, 2.05) is 19.4 Å². The van der Waals surface area contributed by atoms with Crippen LogP contribution in [0.4, 0.5) is 0 Å². The van der Waals surface area contributed by atoms with Gasteiger partial charge in [0.25, 0.3) is 0 Å². The molecule has 0 bridgehead atoms. The predicted molar refractivity (Wildman–Crippen MR) is 70.5 cm³/mol. The van der Waals surface area contributed by atoms with Crippen LogP contribution in [0, 0.1) is 13.8 Å². The highest BCUT2D eigenvalue weighted by atomic mass is 32.1. The summed E-state index contributed by atoms with van der Waals surface area (Å²) in [6.45, 7) is 6.10. The summed E-state index contributed by atoms with van der Waals surface area (Å²) in [6.07, 6.45) is 2.42. The molecular weight excluding hydrogens is 246 g/mol. The van der Waals surface area contributed by atoms with E-state index in [4.69, 9.17) is 4.52 Å². The Labute approximate surface area is 111 Å². The zero-order chi connectivity index (χ0) is 12.5. The second kappa shape index (κ2) is 4.82. The lowest BCUT2D eigenvalue weighted by Gasteiger charge is -2.23. The van der Waals surface area contributed by atoms with Crippen molar-refractivity contribution in [2.75, 3.05) is 6.54 Å². The van der Waals surface area contributed by atoms with Gasteiger partial charge in [0.2, 0.25) is 0 Å². The van der Waals surface area contributed by atoms with Gasteiger partial charge in [0.1, 0.15) is 5.76 Å².